The molecule has 1 unspecified atom stereocenters. The lowest BCUT2D eigenvalue weighted by Crippen LogP contribution is -2.46. The molecule has 4 nitrogen and oxygen atoms in total. The Labute approximate surface area is 114 Å². The van der Waals surface area contributed by atoms with Gasteiger partial charge in [-0.05, 0) is 23.3 Å². The minimum Gasteiger partial charge on any atom is -0.480 e. The van der Waals surface area contributed by atoms with Gasteiger partial charge in [0.15, 0.2) is 5.54 Å². The van der Waals surface area contributed by atoms with Gasteiger partial charge in [0.1, 0.15) is 5.82 Å². The third kappa shape index (κ3) is 1.75. The molecule has 1 aliphatic heterocycles. The Kier molecular flexibility index (Phi) is 2.75. The van der Waals surface area contributed by atoms with Gasteiger partial charge in [-0.2, -0.15) is 4.99 Å². The van der Waals surface area contributed by atoms with E-state index in [4.69, 9.17) is 0 Å². The first-order valence-corrected chi connectivity index (χ1v) is 6.05. The average molecular weight is 269 g/mol. The number of aliphatic hydroxyl groups is 1. The number of nitrogens with zero attached hydrogens (tertiary/aromatic N) is 1. The lowest BCUT2D eigenvalue weighted by atomic mass is 9.83. The highest BCUT2D eigenvalue weighted by molar-refractivity contribution is 6.05. The maximum Gasteiger partial charge on any atom is 0.291 e. The molecule has 5 heteroatoms. The van der Waals surface area contributed by atoms with Crippen LogP contribution in [-0.4, -0.2) is 17.0 Å². The van der Waals surface area contributed by atoms with Crippen LogP contribution in [-0.2, 0) is 10.3 Å². The summed E-state index contributed by atoms with van der Waals surface area (Å²) < 4.78 is 13.1. The van der Waals surface area contributed by atoms with Crippen molar-refractivity contribution in [2.45, 2.75) is 5.54 Å². The molecule has 0 bridgehead atoms. The van der Waals surface area contributed by atoms with Crippen molar-refractivity contribution in [1.82, 2.24) is 5.32 Å². The summed E-state index contributed by atoms with van der Waals surface area (Å²) in [6, 6.07) is 14.0. The van der Waals surface area contributed by atoms with Crippen LogP contribution in [0, 0.1) is 5.82 Å². The van der Waals surface area contributed by atoms with Crippen molar-refractivity contribution in [3.05, 3.63) is 71.5 Å². The topological polar surface area (TPSA) is 61.7 Å². The summed E-state index contributed by atoms with van der Waals surface area (Å²) in [7, 11) is 0. The molecule has 0 saturated carbocycles. The van der Waals surface area contributed by atoms with Crippen LogP contribution in [0.25, 0.3) is 0 Å². The van der Waals surface area contributed by atoms with E-state index < -0.39 is 23.3 Å². The van der Waals surface area contributed by atoms with Crippen LogP contribution in [0.1, 0.15) is 11.1 Å². The van der Waals surface area contributed by atoms with Gasteiger partial charge < -0.3 is 10.4 Å². The molecule has 0 fully saturated rings. The maximum absolute atomic E-state index is 13.1. The summed E-state index contributed by atoms with van der Waals surface area (Å²) in [6.07, 6.45) is 0. The average Bonchev–Trinajstić information content (AvgIpc) is 2.76. The minimum absolute atomic E-state index is 0.396. The Morgan fingerprint density at radius 2 is 1.60 bits per heavy atom. The van der Waals surface area contributed by atoms with Gasteiger partial charge >= 0.3 is 0 Å². The second kappa shape index (κ2) is 4.45. The number of hydrogen-bond donors (Lipinski definition) is 2. The molecule has 2 aromatic carbocycles. The first-order valence-electron chi connectivity index (χ1n) is 6.05. The van der Waals surface area contributed by atoms with Gasteiger partial charge in [-0.3, -0.25) is 4.79 Å². The number of amidine groups is 1. The summed E-state index contributed by atoms with van der Waals surface area (Å²) in [5.41, 5.74) is -0.161. The number of benzene rings is 2. The Morgan fingerprint density at radius 1 is 1.00 bits per heavy atom. The normalized spacial score (nSPS) is 21.4. The van der Waals surface area contributed by atoms with Crippen molar-refractivity contribution < 1.29 is 14.3 Å². The molecule has 0 spiro atoms. The largest absolute Gasteiger partial charge is 0.480 e. The maximum atomic E-state index is 13.1. The molecular formula is C15H11FN2O2. The highest BCUT2D eigenvalue weighted by atomic mass is 18.2. The second-order valence-electron chi connectivity index (χ2n) is 4.49. The minimum atomic E-state index is -1.31. The van der Waals surface area contributed by atoms with E-state index in [9.17, 15) is 14.3 Å². The third-order valence-electron chi connectivity index (χ3n) is 3.31. The van der Waals surface area contributed by atoms with E-state index in [-0.39, 0.29) is 0 Å². The Hall–Kier alpha value is -2.69. The van der Waals surface area contributed by atoms with Gasteiger partial charge in [0.25, 0.3) is 11.9 Å². The van der Waals surface area contributed by atoms with Crippen molar-refractivity contribution in [1.29, 1.82) is 0 Å². The Morgan fingerprint density at radius 3 is 2.15 bits per heavy atom. The SMILES string of the molecule is O=C1N=C(O)NC1(c1ccccc1)c1ccc([18F])cc1. The highest BCUT2D eigenvalue weighted by Crippen LogP contribution is 2.33. The van der Waals surface area contributed by atoms with Crippen molar-refractivity contribution in [2.24, 2.45) is 4.99 Å². The zero-order valence-electron chi connectivity index (χ0n) is 10.4. The molecular weight excluding hydrogens is 258 g/mol. The summed E-state index contributed by atoms with van der Waals surface area (Å²) in [5.74, 6) is -0.930. The molecule has 0 aliphatic carbocycles. The summed E-state index contributed by atoms with van der Waals surface area (Å²) in [6.45, 7) is 0. The van der Waals surface area contributed by atoms with E-state index in [1.807, 2.05) is 6.07 Å². The Balaban J connectivity index is 2.20. The zero-order valence-corrected chi connectivity index (χ0v) is 10.4. The second-order valence-corrected chi connectivity index (χ2v) is 4.49. The first kappa shape index (κ1) is 12.3. The fourth-order valence-electron chi connectivity index (χ4n) is 2.38. The van der Waals surface area contributed by atoms with E-state index in [1.165, 1.54) is 24.3 Å². The van der Waals surface area contributed by atoms with E-state index in [2.05, 4.69) is 10.3 Å². The van der Waals surface area contributed by atoms with Gasteiger partial charge in [0.05, 0.1) is 0 Å². The Bertz CT molecular complexity index is 683. The van der Waals surface area contributed by atoms with Gasteiger partial charge in [-0.1, -0.05) is 42.5 Å². The smallest absolute Gasteiger partial charge is 0.291 e. The van der Waals surface area contributed by atoms with Gasteiger partial charge in [0, 0.05) is 0 Å². The number of halogens is 1. The number of aliphatic hydroxyl groups excluding tert-OH is 1. The molecule has 1 amide bonds. The number of carbonyl (C=O) groups is 1. The van der Waals surface area contributed by atoms with E-state index in [1.54, 1.807) is 24.3 Å². The van der Waals surface area contributed by atoms with Crippen molar-refractivity contribution in [2.75, 3.05) is 0 Å². The quantitative estimate of drug-likeness (QED) is 0.877. The van der Waals surface area contributed by atoms with Crippen LogP contribution in [0.4, 0.5) is 4.39 Å². The fraction of sp³-hybridized carbons (Fsp3) is 0.0667. The number of rotatable bonds is 2. The molecule has 0 aromatic heterocycles. The molecule has 0 radical (unpaired) electrons. The van der Waals surface area contributed by atoms with Crippen molar-refractivity contribution in [3.8, 4) is 0 Å². The van der Waals surface area contributed by atoms with Crippen LogP contribution < -0.4 is 5.32 Å². The lowest BCUT2D eigenvalue weighted by Gasteiger charge is -2.28. The number of hydrogen-bond acceptors (Lipinski definition) is 2. The van der Waals surface area contributed by atoms with Crippen LogP contribution >= 0.6 is 0 Å². The predicted octanol–water partition coefficient (Wildman–Crippen LogP) is 2.11. The summed E-state index contributed by atoms with van der Waals surface area (Å²) >= 11 is 0. The van der Waals surface area contributed by atoms with Gasteiger partial charge in [0.2, 0.25) is 0 Å². The third-order valence-corrected chi connectivity index (χ3v) is 3.31. The van der Waals surface area contributed by atoms with E-state index >= 15 is 0 Å². The molecule has 2 N–H and O–H groups in total. The van der Waals surface area contributed by atoms with Crippen LogP contribution in [0.5, 0.6) is 0 Å². The number of nitrogens with one attached hydrogen (secondary N) is 1. The van der Waals surface area contributed by atoms with Gasteiger partial charge in [-0.25, -0.2) is 4.39 Å². The molecule has 1 heterocycles. The zero-order chi connectivity index (χ0) is 14.2. The first-order chi connectivity index (χ1) is 9.63. The van der Waals surface area contributed by atoms with Gasteiger partial charge in [-0.15, -0.1) is 0 Å². The van der Waals surface area contributed by atoms with Crippen molar-refractivity contribution in [3.63, 3.8) is 0 Å². The number of amides is 1. The van der Waals surface area contributed by atoms with Crippen LogP contribution in [0.3, 0.4) is 0 Å². The number of carbonyl (C=O) groups excluding carboxylic acids is 1. The fourth-order valence-corrected chi connectivity index (χ4v) is 2.38. The summed E-state index contributed by atoms with van der Waals surface area (Å²) in [5, 5.41) is 12.3. The lowest BCUT2D eigenvalue weighted by molar-refractivity contribution is -0.121. The van der Waals surface area contributed by atoms with Crippen LogP contribution in [0.2, 0.25) is 0 Å². The molecule has 0 saturated heterocycles. The van der Waals surface area contributed by atoms with E-state index in [0.717, 1.165) is 0 Å². The predicted molar refractivity (Wildman–Crippen MR) is 71.8 cm³/mol. The molecule has 100 valence electrons. The summed E-state index contributed by atoms with van der Waals surface area (Å²) in [4.78, 5) is 15.8. The molecule has 3 rings (SSSR count). The van der Waals surface area contributed by atoms with Crippen LogP contribution in [0.15, 0.2) is 59.6 Å². The molecule has 20 heavy (non-hydrogen) atoms. The standard InChI is InChI=1S/C15H11FN2O2/c16-12-8-6-11(7-9-12)15(10-4-2-1-3-5-10)13(19)17-14(20)18-15/h1-9H,(H2,17,18,19,20)/i16-1. The highest BCUT2D eigenvalue weighted by Gasteiger charge is 2.47. The molecule has 1 aliphatic rings. The number of aliphatic imine (C=N–C) groups is 1. The monoisotopic (exact) mass is 269 g/mol. The molecule has 1 atom stereocenters. The molecule has 2 aromatic rings. The van der Waals surface area contributed by atoms with E-state index in [0.29, 0.717) is 11.1 Å². The van der Waals surface area contributed by atoms with Crippen molar-refractivity contribution >= 4 is 11.9 Å².